The quantitative estimate of drug-likeness (QED) is 0.583. The number of benzene rings is 1. The van der Waals surface area contributed by atoms with Gasteiger partial charge < -0.3 is 10.3 Å². The molecule has 0 bridgehead atoms. The maximum atomic E-state index is 13.6. The number of fused-ring (bicyclic) bond motifs is 1. The van der Waals surface area contributed by atoms with Crippen LogP contribution in [0, 0.1) is 5.82 Å². The van der Waals surface area contributed by atoms with E-state index in [-0.39, 0.29) is 18.1 Å². The molecule has 5 nitrogen and oxygen atoms in total. The highest BCUT2D eigenvalue weighted by Gasteiger charge is 2.13. The third-order valence-electron chi connectivity index (χ3n) is 3.76. The molecule has 3 aromatic heterocycles. The summed E-state index contributed by atoms with van der Waals surface area (Å²) in [5.74, 6) is -0.231. The number of hydrogen-bond donors (Lipinski definition) is 2. The molecule has 0 saturated heterocycles. The predicted molar refractivity (Wildman–Crippen MR) is 95.9 cm³/mol. The molecule has 1 aromatic carbocycles. The molecule has 0 aliphatic rings. The van der Waals surface area contributed by atoms with Crippen molar-refractivity contribution in [3.63, 3.8) is 0 Å². The Labute approximate surface area is 146 Å². The van der Waals surface area contributed by atoms with Crippen LogP contribution in [0.25, 0.3) is 21.6 Å². The smallest absolute Gasteiger partial charge is 0.230 e. The first-order valence-corrected chi connectivity index (χ1v) is 8.50. The van der Waals surface area contributed by atoms with Crippen LogP contribution in [-0.2, 0) is 11.2 Å². The summed E-state index contributed by atoms with van der Waals surface area (Å²) in [5, 5.41) is 6.23. The van der Waals surface area contributed by atoms with E-state index >= 15 is 0 Å². The van der Waals surface area contributed by atoms with Crippen LogP contribution < -0.4 is 5.32 Å². The number of anilines is 1. The summed E-state index contributed by atoms with van der Waals surface area (Å²) >= 11 is 1.43. The molecule has 2 N–H and O–H groups in total. The standard InChI is InChI=1S/C18H13FN4OS/c19-14-6-2-1-4-11(14)8-16(24)22-15-10-25-18(23-15)13-9-21-17-12(13)5-3-7-20-17/h1-7,9-10H,8H2,(H,20,21)(H,22,24). The third kappa shape index (κ3) is 3.14. The maximum Gasteiger partial charge on any atom is 0.230 e. The number of nitrogens with one attached hydrogen (secondary N) is 2. The van der Waals surface area contributed by atoms with E-state index in [9.17, 15) is 9.18 Å². The lowest BCUT2D eigenvalue weighted by atomic mass is 10.1. The van der Waals surface area contributed by atoms with E-state index in [2.05, 4.69) is 20.3 Å². The van der Waals surface area contributed by atoms with Gasteiger partial charge in [-0.25, -0.2) is 14.4 Å². The van der Waals surface area contributed by atoms with Crippen molar-refractivity contribution >= 4 is 34.1 Å². The fraction of sp³-hybridized carbons (Fsp3) is 0.0556. The van der Waals surface area contributed by atoms with Crippen LogP contribution in [0.3, 0.4) is 0 Å². The van der Waals surface area contributed by atoms with Gasteiger partial charge in [0.25, 0.3) is 0 Å². The zero-order valence-electron chi connectivity index (χ0n) is 13.0. The molecule has 0 aliphatic heterocycles. The fourth-order valence-electron chi connectivity index (χ4n) is 2.59. The Morgan fingerprint density at radius 3 is 3.00 bits per heavy atom. The molecule has 4 aromatic rings. The van der Waals surface area contributed by atoms with Gasteiger partial charge in [0.05, 0.1) is 6.42 Å². The van der Waals surface area contributed by atoms with Crippen molar-refractivity contribution in [2.45, 2.75) is 6.42 Å². The Hall–Kier alpha value is -3.06. The highest BCUT2D eigenvalue weighted by molar-refractivity contribution is 7.13. The number of carbonyl (C=O) groups excluding carboxylic acids is 1. The number of pyridine rings is 1. The van der Waals surface area contributed by atoms with Crippen molar-refractivity contribution in [1.82, 2.24) is 15.0 Å². The van der Waals surface area contributed by atoms with Gasteiger partial charge in [-0.15, -0.1) is 11.3 Å². The van der Waals surface area contributed by atoms with E-state index in [1.165, 1.54) is 17.4 Å². The summed E-state index contributed by atoms with van der Waals surface area (Å²) in [6, 6.07) is 10.1. The molecule has 0 fully saturated rings. The van der Waals surface area contributed by atoms with Crippen LogP contribution in [-0.4, -0.2) is 20.9 Å². The second-order valence-electron chi connectivity index (χ2n) is 5.46. The largest absolute Gasteiger partial charge is 0.345 e. The Balaban J connectivity index is 1.52. The normalized spacial score (nSPS) is 10.9. The van der Waals surface area contributed by atoms with Gasteiger partial charge in [0.15, 0.2) is 0 Å². The van der Waals surface area contributed by atoms with Crippen LogP contribution in [0.5, 0.6) is 0 Å². The third-order valence-corrected chi connectivity index (χ3v) is 4.64. The number of nitrogens with zero attached hydrogens (tertiary/aromatic N) is 2. The SMILES string of the molecule is O=C(Cc1ccccc1F)Nc1csc(-c2c[nH]c3ncccc23)n1. The van der Waals surface area contributed by atoms with Crippen molar-refractivity contribution in [2.24, 2.45) is 0 Å². The molecular weight excluding hydrogens is 339 g/mol. The molecule has 1 amide bonds. The number of rotatable bonds is 4. The number of hydrogen-bond acceptors (Lipinski definition) is 4. The first kappa shape index (κ1) is 15.5. The lowest BCUT2D eigenvalue weighted by molar-refractivity contribution is -0.115. The van der Waals surface area contributed by atoms with Gasteiger partial charge >= 0.3 is 0 Å². The molecule has 0 unspecified atom stereocenters. The van der Waals surface area contributed by atoms with Gasteiger partial charge in [0.2, 0.25) is 5.91 Å². The Morgan fingerprint density at radius 2 is 2.12 bits per heavy atom. The van der Waals surface area contributed by atoms with Crippen LogP contribution in [0.1, 0.15) is 5.56 Å². The average molecular weight is 352 g/mol. The minimum atomic E-state index is -0.386. The minimum Gasteiger partial charge on any atom is -0.345 e. The highest BCUT2D eigenvalue weighted by atomic mass is 32.1. The molecule has 7 heteroatoms. The first-order valence-electron chi connectivity index (χ1n) is 7.62. The van der Waals surface area contributed by atoms with Crippen molar-refractivity contribution in [3.05, 3.63) is 65.6 Å². The molecule has 0 saturated carbocycles. The molecule has 0 radical (unpaired) electrons. The zero-order chi connectivity index (χ0) is 17.2. The lowest BCUT2D eigenvalue weighted by Gasteiger charge is -2.03. The van der Waals surface area contributed by atoms with E-state index in [1.54, 1.807) is 29.8 Å². The number of aromatic amines is 1. The number of aromatic nitrogens is 3. The van der Waals surface area contributed by atoms with Crippen molar-refractivity contribution < 1.29 is 9.18 Å². The van der Waals surface area contributed by atoms with Crippen LogP contribution in [0.4, 0.5) is 10.2 Å². The Kier molecular flexibility index (Phi) is 3.99. The number of carbonyl (C=O) groups is 1. The average Bonchev–Trinajstić information content (AvgIpc) is 3.23. The summed E-state index contributed by atoms with van der Waals surface area (Å²) in [5.41, 5.74) is 2.08. The monoisotopic (exact) mass is 352 g/mol. The summed E-state index contributed by atoms with van der Waals surface area (Å²) in [7, 11) is 0. The van der Waals surface area contributed by atoms with Gasteiger partial charge in [-0.1, -0.05) is 18.2 Å². The first-order chi connectivity index (χ1) is 12.2. The summed E-state index contributed by atoms with van der Waals surface area (Å²) in [4.78, 5) is 23.9. The highest BCUT2D eigenvalue weighted by Crippen LogP contribution is 2.31. The van der Waals surface area contributed by atoms with Crippen molar-refractivity contribution in [1.29, 1.82) is 0 Å². The van der Waals surface area contributed by atoms with E-state index < -0.39 is 0 Å². The summed E-state index contributed by atoms with van der Waals surface area (Å²) in [6.45, 7) is 0. The molecule has 25 heavy (non-hydrogen) atoms. The van der Waals surface area contributed by atoms with E-state index in [1.807, 2.05) is 18.3 Å². The van der Waals surface area contributed by atoms with Gasteiger partial charge in [-0.05, 0) is 23.8 Å². The number of H-pyrrole nitrogens is 1. The lowest BCUT2D eigenvalue weighted by Crippen LogP contribution is -2.15. The fourth-order valence-corrected chi connectivity index (χ4v) is 3.37. The van der Waals surface area contributed by atoms with Crippen LogP contribution in [0.15, 0.2) is 54.2 Å². The van der Waals surface area contributed by atoms with E-state index in [0.29, 0.717) is 11.4 Å². The summed E-state index contributed by atoms with van der Waals surface area (Å²) in [6.07, 6.45) is 3.54. The number of thiazole rings is 1. The van der Waals surface area contributed by atoms with E-state index in [4.69, 9.17) is 0 Å². The molecule has 3 heterocycles. The van der Waals surface area contributed by atoms with Crippen LogP contribution >= 0.6 is 11.3 Å². The van der Waals surface area contributed by atoms with Crippen molar-refractivity contribution in [2.75, 3.05) is 5.32 Å². The molecule has 124 valence electrons. The maximum absolute atomic E-state index is 13.6. The van der Waals surface area contributed by atoms with Crippen LogP contribution in [0.2, 0.25) is 0 Å². The molecule has 0 atom stereocenters. The van der Waals surface area contributed by atoms with Gasteiger partial charge in [0, 0.05) is 28.7 Å². The molecule has 0 aliphatic carbocycles. The van der Waals surface area contributed by atoms with Gasteiger partial charge in [-0.2, -0.15) is 0 Å². The molecule has 4 rings (SSSR count). The van der Waals surface area contributed by atoms with Gasteiger partial charge in [-0.3, -0.25) is 4.79 Å². The van der Waals surface area contributed by atoms with E-state index in [0.717, 1.165) is 21.6 Å². The second kappa shape index (κ2) is 6.45. The Bertz CT molecular complexity index is 1060. The number of halogens is 1. The zero-order valence-corrected chi connectivity index (χ0v) is 13.8. The minimum absolute atomic E-state index is 0.0312. The van der Waals surface area contributed by atoms with Gasteiger partial charge in [0.1, 0.15) is 22.3 Å². The topological polar surface area (TPSA) is 70.7 Å². The van der Waals surface area contributed by atoms with Crippen molar-refractivity contribution in [3.8, 4) is 10.6 Å². The molecular formula is C18H13FN4OS. The Morgan fingerprint density at radius 1 is 1.24 bits per heavy atom. The number of amides is 1. The summed E-state index contributed by atoms with van der Waals surface area (Å²) < 4.78 is 13.6. The molecule has 0 spiro atoms. The predicted octanol–water partition coefficient (Wildman–Crippen LogP) is 4.01. The second-order valence-corrected chi connectivity index (χ2v) is 6.31.